The van der Waals surface area contributed by atoms with Gasteiger partial charge >= 0.3 is 0 Å². The van der Waals surface area contributed by atoms with Crippen molar-refractivity contribution in [3.8, 4) is 11.6 Å². The standard InChI is InChI=1S/C27H30ClN5O2/c1-20-10-14-32(15-11-20)25-26(30-13-12-29-25)35-22-8-6-21(7-9-22)27(34)33-18-16-31(17-19-33)24-5-3-2-4-23(24)28/h2-9,12-13,20H,10-11,14-19H2,1H3. The average molecular weight is 492 g/mol. The maximum absolute atomic E-state index is 13.1. The van der Waals surface area contributed by atoms with E-state index in [9.17, 15) is 4.79 Å². The number of carbonyl (C=O) groups excluding carboxylic acids is 1. The molecule has 182 valence electrons. The predicted octanol–water partition coefficient (Wildman–Crippen LogP) is 5.12. The summed E-state index contributed by atoms with van der Waals surface area (Å²) >= 11 is 6.34. The lowest BCUT2D eigenvalue weighted by atomic mass is 9.99. The SMILES string of the molecule is CC1CCN(c2nccnc2Oc2ccc(C(=O)N3CCN(c4ccccc4Cl)CC3)cc2)CC1. The molecule has 2 saturated heterocycles. The lowest BCUT2D eigenvalue weighted by Gasteiger charge is -2.36. The molecule has 2 aliphatic heterocycles. The molecule has 0 unspecified atom stereocenters. The number of hydrogen-bond acceptors (Lipinski definition) is 6. The second-order valence-corrected chi connectivity index (χ2v) is 9.62. The van der Waals surface area contributed by atoms with E-state index in [2.05, 4.69) is 26.7 Å². The highest BCUT2D eigenvalue weighted by atomic mass is 35.5. The van der Waals surface area contributed by atoms with Crippen LogP contribution in [0.15, 0.2) is 60.9 Å². The molecule has 8 heteroatoms. The Morgan fingerprint density at radius 1 is 0.886 bits per heavy atom. The van der Waals surface area contributed by atoms with Gasteiger partial charge in [0.1, 0.15) is 5.75 Å². The summed E-state index contributed by atoms with van der Waals surface area (Å²) in [6, 6.07) is 15.1. The summed E-state index contributed by atoms with van der Waals surface area (Å²) in [5.41, 5.74) is 1.66. The fourth-order valence-electron chi connectivity index (χ4n) is 4.65. The van der Waals surface area contributed by atoms with Gasteiger partial charge in [0.05, 0.1) is 10.7 Å². The summed E-state index contributed by atoms with van der Waals surface area (Å²) < 4.78 is 6.08. The lowest BCUT2D eigenvalue weighted by Crippen LogP contribution is -2.48. The molecule has 0 N–H and O–H groups in total. The number of piperidine rings is 1. The predicted molar refractivity (Wildman–Crippen MR) is 139 cm³/mol. The molecule has 7 nitrogen and oxygen atoms in total. The summed E-state index contributed by atoms with van der Waals surface area (Å²) in [5.74, 6) is 2.67. The van der Waals surface area contributed by atoms with Crippen LogP contribution in [-0.4, -0.2) is 60.0 Å². The molecule has 2 aliphatic rings. The molecule has 0 aliphatic carbocycles. The van der Waals surface area contributed by atoms with Crippen molar-refractivity contribution in [2.45, 2.75) is 19.8 Å². The van der Waals surface area contributed by atoms with Crippen molar-refractivity contribution in [1.29, 1.82) is 0 Å². The highest BCUT2D eigenvalue weighted by Gasteiger charge is 2.24. The molecular weight excluding hydrogens is 462 g/mol. The number of aromatic nitrogens is 2. The van der Waals surface area contributed by atoms with E-state index in [1.165, 1.54) is 0 Å². The van der Waals surface area contributed by atoms with E-state index in [0.29, 0.717) is 30.3 Å². The largest absolute Gasteiger partial charge is 0.436 e. The number of carbonyl (C=O) groups is 1. The zero-order valence-corrected chi connectivity index (χ0v) is 20.7. The number of nitrogens with zero attached hydrogens (tertiary/aromatic N) is 5. The first kappa shape index (κ1) is 23.4. The van der Waals surface area contributed by atoms with E-state index in [1.807, 2.05) is 53.4 Å². The van der Waals surface area contributed by atoms with Gasteiger partial charge in [0, 0.05) is 57.2 Å². The van der Waals surface area contributed by atoms with Crippen LogP contribution in [0.3, 0.4) is 0 Å². The number of amides is 1. The summed E-state index contributed by atoms with van der Waals surface area (Å²) in [7, 11) is 0. The molecule has 0 atom stereocenters. The Kier molecular flexibility index (Phi) is 7.04. The van der Waals surface area contributed by atoms with Crippen LogP contribution in [0.2, 0.25) is 5.02 Å². The minimum atomic E-state index is 0.0259. The minimum absolute atomic E-state index is 0.0259. The second-order valence-electron chi connectivity index (χ2n) is 9.21. The van der Waals surface area contributed by atoms with E-state index in [0.717, 1.165) is 61.5 Å². The monoisotopic (exact) mass is 491 g/mol. The molecule has 2 aromatic carbocycles. The fraction of sp³-hybridized carbons (Fsp3) is 0.370. The first-order chi connectivity index (χ1) is 17.1. The van der Waals surface area contributed by atoms with Gasteiger partial charge in [0.15, 0.2) is 5.82 Å². The van der Waals surface area contributed by atoms with Crippen molar-refractivity contribution in [3.05, 3.63) is 71.5 Å². The van der Waals surface area contributed by atoms with Gasteiger partial charge in [-0.05, 0) is 55.2 Å². The number of benzene rings is 2. The highest BCUT2D eigenvalue weighted by Crippen LogP contribution is 2.31. The molecule has 0 spiro atoms. The third-order valence-electron chi connectivity index (χ3n) is 6.81. The Bertz CT molecular complexity index is 1160. The van der Waals surface area contributed by atoms with E-state index in [1.54, 1.807) is 12.4 Å². The van der Waals surface area contributed by atoms with Crippen LogP contribution in [0, 0.1) is 5.92 Å². The molecule has 1 aromatic heterocycles. The highest BCUT2D eigenvalue weighted by molar-refractivity contribution is 6.33. The summed E-state index contributed by atoms with van der Waals surface area (Å²) in [6.07, 6.45) is 5.62. The first-order valence-electron chi connectivity index (χ1n) is 12.2. The summed E-state index contributed by atoms with van der Waals surface area (Å²) in [5, 5.41) is 0.740. The molecule has 35 heavy (non-hydrogen) atoms. The van der Waals surface area contributed by atoms with Gasteiger partial charge in [-0.3, -0.25) is 4.79 Å². The molecule has 0 saturated carbocycles. The molecule has 3 aromatic rings. The topological polar surface area (TPSA) is 61.8 Å². The maximum Gasteiger partial charge on any atom is 0.263 e. The molecule has 0 radical (unpaired) electrons. The van der Waals surface area contributed by atoms with Gasteiger partial charge in [0.2, 0.25) is 0 Å². The van der Waals surface area contributed by atoms with E-state index < -0.39 is 0 Å². The van der Waals surface area contributed by atoms with Gasteiger partial charge < -0.3 is 19.4 Å². The van der Waals surface area contributed by atoms with Crippen molar-refractivity contribution in [2.24, 2.45) is 5.92 Å². The maximum atomic E-state index is 13.1. The van der Waals surface area contributed by atoms with Crippen molar-refractivity contribution >= 4 is 29.0 Å². The molecule has 2 fully saturated rings. The number of ether oxygens (including phenoxy) is 1. The Morgan fingerprint density at radius 3 is 2.29 bits per heavy atom. The zero-order valence-electron chi connectivity index (χ0n) is 19.9. The van der Waals surface area contributed by atoms with Crippen LogP contribution in [0.5, 0.6) is 11.6 Å². The van der Waals surface area contributed by atoms with Gasteiger partial charge in [-0.15, -0.1) is 0 Å². The van der Waals surface area contributed by atoms with Crippen LogP contribution < -0.4 is 14.5 Å². The van der Waals surface area contributed by atoms with Crippen LogP contribution in [0.4, 0.5) is 11.5 Å². The van der Waals surface area contributed by atoms with Crippen molar-refractivity contribution in [1.82, 2.24) is 14.9 Å². The average Bonchev–Trinajstić information content (AvgIpc) is 2.90. The smallest absolute Gasteiger partial charge is 0.263 e. The Labute approximate surface area is 211 Å². The molecule has 0 bridgehead atoms. The van der Waals surface area contributed by atoms with Crippen molar-refractivity contribution < 1.29 is 9.53 Å². The number of rotatable bonds is 5. The normalized spacial score (nSPS) is 16.9. The van der Waals surface area contributed by atoms with Gasteiger partial charge in [-0.1, -0.05) is 30.7 Å². The number of piperazine rings is 1. The van der Waals surface area contributed by atoms with Gasteiger partial charge in [0.25, 0.3) is 11.8 Å². The van der Waals surface area contributed by atoms with Gasteiger partial charge in [-0.25, -0.2) is 9.97 Å². The molecule has 5 rings (SSSR count). The van der Waals surface area contributed by atoms with Crippen molar-refractivity contribution in [2.75, 3.05) is 49.1 Å². The number of anilines is 2. The number of hydrogen-bond donors (Lipinski definition) is 0. The first-order valence-corrected chi connectivity index (χ1v) is 12.6. The van der Waals surface area contributed by atoms with E-state index >= 15 is 0 Å². The number of halogens is 1. The van der Waals surface area contributed by atoms with Crippen LogP contribution in [-0.2, 0) is 0 Å². The third-order valence-corrected chi connectivity index (χ3v) is 7.13. The zero-order chi connectivity index (χ0) is 24.2. The Morgan fingerprint density at radius 2 is 1.57 bits per heavy atom. The van der Waals surface area contributed by atoms with Crippen LogP contribution in [0.1, 0.15) is 30.1 Å². The second kappa shape index (κ2) is 10.5. The molecule has 1 amide bonds. The quantitative estimate of drug-likeness (QED) is 0.493. The van der Waals surface area contributed by atoms with E-state index in [4.69, 9.17) is 16.3 Å². The van der Waals surface area contributed by atoms with Crippen LogP contribution in [0.25, 0.3) is 0 Å². The minimum Gasteiger partial charge on any atom is -0.436 e. The third kappa shape index (κ3) is 5.35. The summed E-state index contributed by atoms with van der Waals surface area (Å²) in [6.45, 7) is 7.00. The van der Waals surface area contributed by atoms with Crippen molar-refractivity contribution in [3.63, 3.8) is 0 Å². The molecular formula is C27H30ClN5O2. The Balaban J connectivity index is 1.21. The summed E-state index contributed by atoms with van der Waals surface area (Å²) in [4.78, 5) is 28.4. The number of para-hydroxylation sites is 1. The Hall–Kier alpha value is -3.32. The molecule has 3 heterocycles. The fourth-order valence-corrected chi connectivity index (χ4v) is 4.90. The van der Waals surface area contributed by atoms with Gasteiger partial charge in [-0.2, -0.15) is 0 Å². The lowest BCUT2D eigenvalue weighted by molar-refractivity contribution is 0.0747. The van der Waals surface area contributed by atoms with Crippen LogP contribution >= 0.6 is 11.6 Å². The van der Waals surface area contributed by atoms with E-state index in [-0.39, 0.29) is 5.91 Å².